The van der Waals surface area contributed by atoms with E-state index in [9.17, 15) is 19.8 Å². The predicted molar refractivity (Wildman–Crippen MR) is 125 cm³/mol. The number of piperidine rings is 1. The van der Waals surface area contributed by atoms with Gasteiger partial charge in [0, 0.05) is 12.1 Å². The number of halogens is 2. The van der Waals surface area contributed by atoms with Gasteiger partial charge in [0.25, 0.3) is 0 Å². The van der Waals surface area contributed by atoms with Crippen LogP contribution in [0.1, 0.15) is 64.2 Å². The van der Waals surface area contributed by atoms with E-state index in [2.05, 4.69) is 16.0 Å². The number of alkyl halides is 2. The van der Waals surface area contributed by atoms with Crippen molar-refractivity contribution in [3.05, 3.63) is 0 Å². The summed E-state index contributed by atoms with van der Waals surface area (Å²) < 4.78 is 5.78. The van der Waals surface area contributed by atoms with Crippen molar-refractivity contribution in [2.75, 3.05) is 19.8 Å². The summed E-state index contributed by atoms with van der Waals surface area (Å²) in [5, 5.41) is 29.7. The van der Waals surface area contributed by atoms with E-state index in [-0.39, 0.29) is 53.8 Å². The van der Waals surface area contributed by atoms with Crippen LogP contribution in [-0.2, 0) is 14.3 Å². The van der Waals surface area contributed by atoms with Crippen molar-refractivity contribution >= 4 is 35.0 Å². The highest BCUT2D eigenvalue weighted by Gasteiger charge is 2.55. The molecule has 0 aromatic heterocycles. The Morgan fingerprint density at radius 3 is 2.45 bits per heavy atom. The lowest BCUT2D eigenvalue weighted by Gasteiger charge is -2.56. The number of nitrogens with one attached hydrogen (secondary N) is 3. The van der Waals surface area contributed by atoms with Gasteiger partial charge in [0.15, 0.2) is 0 Å². The summed E-state index contributed by atoms with van der Waals surface area (Å²) in [6, 6.07) is -0.311. The van der Waals surface area contributed by atoms with Gasteiger partial charge in [-0.25, -0.2) is 0 Å². The second kappa shape index (κ2) is 10.5. The zero-order valence-electron chi connectivity index (χ0n) is 19.0. The lowest BCUT2D eigenvalue weighted by Crippen LogP contribution is -2.71. The minimum atomic E-state index is -0.729. The van der Waals surface area contributed by atoms with E-state index in [1.54, 1.807) is 0 Å². The van der Waals surface area contributed by atoms with Crippen molar-refractivity contribution in [1.29, 1.82) is 0 Å². The zero-order valence-corrected chi connectivity index (χ0v) is 20.5. The number of carbonyl (C=O) groups is 2. The van der Waals surface area contributed by atoms with Gasteiger partial charge in [0.1, 0.15) is 6.61 Å². The third-order valence-electron chi connectivity index (χ3n) is 8.28. The number of rotatable bonds is 7. The van der Waals surface area contributed by atoms with Gasteiger partial charge in [-0.15, -0.1) is 23.2 Å². The van der Waals surface area contributed by atoms with Crippen molar-refractivity contribution in [2.24, 2.45) is 5.92 Å². The largest absolute Gasteiger partial charge is 0.396 e. The van der Waals surface area contributed by atoms with E-state index in [4.69, 9.17) is 27.9 Å². The molecule has 6 atom stereocenters. The molecule has 0 aromatic carbocycles. The quantitative estimate of drug-likeness (QED) is 0.331. The van der Waals surface area contributed by atoms with E-state index >= 15 is 0 Å². The Labute approximate surface area is 205 Å². The van der Waals surface area contributed by atoms with Crippen molar-refractivity contribution < 1.29 is 24.5 Å². The van der Waals surface area contributed by atoms with Crippen LogP contribution in [0.5, 0.6) is 0 Å². The molecule has 188 valence electrons. The molecule has 0 radical (unpaired) electrons. The Hall–Kier alpha value is -0.640. The third kappa shape index (κ3) is 5.78. The molecule has 5 unspecified atom stereocenters. The molecule has 1 saturated heterocycles. The Kier molecular flexibility index (Phi) is 8.13. The maximum atomic E-state index is 12.9. The number of fused-ring (bicyclic) bond motifs is 3. The smallest absolute Gasteiger partial charge is 0.246 e. The summed E-state index contributed by atoms with van der Waals surface area (Å²) in [6.45, 7) is 0.758. The average molecular weight is 506 g/mol. The summed E-state index contributed by atoms with van der Waals surface area (Å²) in [5.74, 6) is -0.141. The highest BCUT2D eigenvalue weighted by atomic mass is 35.5. The summed E-state index contributed by atoms with van der Waals surface area (Å²) >= 11 is 12.4. The highest BCUT2D eigenvalue weighted by molar-refractivity contribution is 6.30. The molecular formula is C23H37Cl2N3O5. The molecule has 8 nitrogen and oxygen atoms in total. The fraction of sp³-hybridized carbons (Fsp3) is 0.913. The van der Waals surface area contributed by atoms with Gasteiger partial charge in [-0.2, -0.15) is 0 Å². The van der Waals surface area contributed by atoms with Crippen LogP contribution in [0, 0.1) is 5.92 Å². The molecule has 5 rings (SSSR count). The minimum absolute atomic E-state index is 0.0513. The van der Waals surface area contributed by atoms with Gasteiger partial charge >= 0.3 is 0 Å². The van der Waals surface area contributed by atoms with Gasteiger partial charge in [-0.05, 0) is 76.7 Å². The number of aliphatic hydroxyl groups excluding tert-OH is 2. The van der Waals surface area contributed by atoms with Crippen LogP contribution in [0.25, 0.3) is 0 Å². The Morgan fingerprint density at radius 1 is 1.03 bits per heavy atom. The van der Waals surface area contributed by atoms with Crippen molar-refractivity contribution in [3.8, 4) is 0 Å². The molecule has 4 aliphatic carbocycles. The SMILES string of the molecule is O=C(COC1CCC(Cl)C(Cl)C1)NC12CCC(NC(=O)C3CC(CO)CCN3)(CC1)C[C@@H]2O. The van der Waals surface area contributed by atoms with Gasteiger partial charge < -0.3 is 30.9 Å². The topological polar surface area (TPSA) is 120 Å². The fourth-order valence-corrected chi connectivity index (χ4v) is 6.63. The third-order valence-corrected chi connectivity index (χ3v) is 9.41. The Morgan fingerprint density at radius 2 is 1.79 bits per heavy atom. The molecule has 5 fully saturated rings. The molecule has 0 aromatic rings. The van der Waals surface area contributed by atoms with Crippen LogP contribution in [0.15, 0.2) is 0 Å². The van der Waals surface area contributed by atoms with Crippen LogP contribution in [0.3, 0.4) is 0 Å². The summed E-state index contributed by atoms with van der Waals surface area (Å²) in [4.78, 5) is 25.6. The molecule has 10 heteroatoms. The molecule has 33 heavy (non-hydrogen) atoms. The summed E-state index contributed by atoms with van der Waals surface area (Å²) in [5.41, 5.74) is -1.11. The maximum Gasteiger partial charge on any atom is 0.246 e. The first-order valence-electron chi connectivity index (χ1n) is 12.3. The minimum Gasteiger partial charge on any atom is -0.396 e. The van der Waals surface area contributed by atoms with Crippen LogP contribution < -0.4 is 16.0 Å². The van der Waals surface area contributed by atoms with E-state index in [0.717, 1.165) is 25.8 Å². The number of aliphatic hydroxyl groups is 2. The molecule has 0 spiro atoms. The monoisotopic (exact) mass is 505 g/mol. The number of amides is 2. The fourth-order valence-electron chi connectivity index (χ4n) is 6.07. The molecular weight excluding hydrogens is 469 g/mol. The predicted octanol–water partition coefficient (Wildman–Crippen LogP) is 1.18. The lowest BCUT2D eigenvalue weighted by molar-refractivity contribution is -0.140. The maximum absolute atomic E-state index is 12.9. The van der Waals surface area contributed by atoms with Gasteiger partial charge in [0.2, 0.25) is 11.8 Å². The number of carbonyl (C=O) groups excluding carboxylic acids is 2. The Balaban J connectivity index is 1.26. The molecule has 5 aliphatic rings. The van der Waals surface area contributed by atoms with Crippen molar-refractivity contribution in [1.82, 2.24) is 16.0 Å². The standard InChI is InChI=1S/C23H37Cl2N3O5/c24-16-2-1-15(10-17(16)25)33-13-20(31)27-23-6-4-22(5-7-23,11-19(23)30)28-21(32)18-9-14(12-29)3-8-26-18/h14-19,26,29-30H,1-13H2,(H,27,31)(H,28,32)/t14?,15?,16?,17?,18?,19-,22?,23?/m0/s1. The molecule has 4 saturated carbocycles. The molecule has 2 amide bonds. The van der Waals surface area contributed by atoms with Crippen molar-refractivity contribution in [2.45, 2.75) is 104 Å². The summed E-state index contributed by atoms with van der Waals surface area (Å²) in [6.07, 6.45) is 5.94. The summed E-state index contributed by atoms with van der Waals surface area (Å²) in [7, 11) is 0. The van der Waals surface area contributed by atoms with Crippen LogP contribution in [0.4, 0.5) is 0 Å². The van der Waals surface area contributed by atoms with Crippen LogP contribution in [-0.4, -0.2) is 81.9 Å². The second-order valence-corrected chi connectivity index (χ2v) is 11.7. The van der Waals surface area contributed by atoms with E-state index < -0.39 is 17.2 Å². The second-order valence-electron chi connectivity index (χ2n) is 10.6. The highest BCUT2D eigenvalue weighted by Crippen LogP contribution is 2.47. The first-order chi connectivity index (χ1) is 15.7. The van der Waals surface area contributed by atoms with Crippen LogP contribution in [0.2, 0.25) is 0 Å². The number of hydrogen-bond donors (Lipinski definition) is 5. The van der Waals surface area contributed by atoms with Gasteiger partial charge in [-0.1, -0.05) is 0 Å². The average Bonchev–Trinajstić information content (AvgIpc) is 2.81. The molecule has 2 bridgehead atoms. The zero-order chi connectivity index (χ0) is 23.6. The number of ether oxygens (including phenoxy) is 1. The van der Waals surface area contributed by atoms with E-state index in [1.807, 2.05) is 0 Å². The lowest BCUT2D eigenvalue weighted by atomic mass is 9.59. The van der Waals surface area contributed by atoms with Gasteiger partial charge in [-0.3, -0.25) is 9.59 Å². The first-order valence-corrected chi connectivity index (χ1v) is 13.2. The normalized spacial score (nSPS) is 43.2. The Bertz CT molecular complexity index is 718. The van der Waals surface area contributed by atoms with Gasteiger partial charge in [0.05, 0.1) is 34.5 Å². The number of hydrogen-bond acceptors (Lipinski definition) is 6. The molecule has 5 N–H and O–H groups in total. The van der Waals surface area contributed by atoms with Crippen molar-refractivity contribution in [3.63, 3.8) is 0 Å². The van der Waals surface area contributed by atoms with Crippen LogP contribution >= 0.6 is 23.2 Å². The van der Waals surface area contributed by atoms with E-state index in [0.29, 0.717) is 44.9 Å². The van der Waals surface area contributed by atoms with E-state index in [1.165, 1.54) is 0 Å². The molecule has 1 aliphatic heterocycles. The first kappa shape index (κ1) is 25.5. The molecule has 1 heterocycles.